The molecule has 0 saturated heterocycles. The van der Waals surface area contributed by atoms with Gasteiger partial charge < -0.3 is 0 Å². The Hall–Kier alpha value is -1.97. The van der Waals surface area contributed by atoms with Crippen molar-refractivity contribution in [1.82, 2.24) is 9.97 Å². The summed E-state index contributed by atoms with van der Waals surface area (Å²) in [4.78, 5) is 8.58. The zero-order valence-corrected chi connectivity index (χ0v) is 12.2. The van der Waals surface area contributed by atoms with Crippen LogP contribution in [0.15, 0.2) is 54.6 Å². The lowest BCUT2D eigenvalue weighted by atomic mass is 10.1. The molecule has 0 bridgehead atoms. The SMILES string of the molecule is Fc1cc(-c2nc(Cl)cc(-c3ccccc3)n2)ccc1Cl. The van der Waals surface area contributed by atoms with E-state index in [4.69, 9.17) is 23.2 Å². The minimum Gasteiger partial charge on any atom is -0.228 e. The molecule has 0 N–H and O–H groups in total. The molecular weight excluding hydrogens is 310 g/mol. The number of hydrogen-bond donors (Lipinski definition) is 0. The fourth-order valence-corrected chi connectivity index (χ4v) is 2.24. The lowest BCUT2D eigenvalue weighted by molar-refractivity contribution is 0.628. The van der Waals surface area contributed by atoms with Crippen LogP contribution in [-0.4, -0.2) is 9.97 Å². The highest BCUT2D eigenvalue weighted by Crippen LogP contribution is 2.26. The predicted molar refractivity (Wildman–Crippen MR) is 82.9 cm³/mol. The topological polar surface area (TPSA) is 25.8 Å². The summed E-state index contributed by atoms with van der Waals surface area (Å²) in [5.41, 5.74) is 2.12. The molecule has 0 amide bonds. The van der Waals surface area contributed by atoms with Crippen LogP contribution in [0.25, 0.3) is 22.6 Å². The molecule has 21 heavy (non-hydrogen) atoms. The molecule has 1 aromatic heterocycles. The summed E-state index contributed by atoms with van der Waals surface area (Å²) in [6, 6.07) is 15.7. The minimum absolute atomic E-state index is 0.0593. The smallest absolute Gasteiger partial charge is 0.161 e. The van der Waals surface area contributed by atoms with E-state index in [2.05, 4.69) is 9.97 Å². The predicted octanol–water partition coefficient (Wildman–Crippen LogP) is 5.26. The molecule has 3 aromatic rings. The molecule has 0 radical (unpaired) electrons. The molecule has 0 aliphatic heterocycles. The summed E-state index contributed by atoms with van der Waals surface area (Å²) >= 11 is 11.7. The van der Waals surface area contributed by atoms with Crippen LogP contribution < -0.4 is 0 Å². The van der Waals surface area contributed by atoms with Crippen molar-refractivity contribution in [1.29, 1.82) is 0 Å². The Kier molecular flexibility index (Phi) is 3.86. The van der Waals surface area contributed by atoms with Crippen LogP contribution in [0.5, 0.6) is 0 Å². The molecule has 0 aliphatic rings. The Morgan fingerprint density at radius 1 is 0.810 bits per heavy atom. The van der Waals surface area contributed by atoms with Gasteiger partial charge in [-0.25, -0.2) is 14.4 Å². The molecule has 0 atom stereocenters. The summed E-state index contributed by atoms with van der Waals surface area (Å²) in [7, 11) is 0. The second-order valence-electron chi connectivity index (χ2n) is 4.39. The van der Waals surface area contributed by atoms with Gasteiger partial charge in [0.25, 0.3) is 0 Å². The van der Waals surface area contributed by atoms with E-state index in [1.165, 1.54) is 12.1 Å². The van der Waals surface area contributed by atoms with E-state index in [0.29, 0.717) is 22.2 Å². The van der Waals surface area contributed by atoms with Gasteiger partial charge in [0.05, 0.1) is 10.7 Å². The Balaban J connectivity index is 2.11. The summed E-state index contributed by atoms with van der Waals surface area (Å²) < 4.78 is 13.6. The molecule has 0 aliphatic carbocycles. The van der Waals surface area contributed by atoms with Crippen LogP contribution in [0, 0.1) is 5.82 Å². The third kappa shape index (κ3) is 3.04. The van der Waals surface area contributed by atoms with Crippen LogP contribution in [0.1, 0.15) is 0 Å². The molecule has 0 unspecified atom stereocenters. The molecule has 1 heterocycles. The lowest BCUT2D eigenvalue weighted by Crippen LogP contribution is -1.93. The van der Waals surface area contributed by atoms with Crippen LogP contribution in [0.4, 0.5) is 4.39 Å². The summed E-state index contributed by atoms with van der Waals surface area (Å²) in [6.07, 6.45) is 0. The van der Waals surface area contributed by atoms with E-state index in [1.54, 1.807) is 12.1 Å². The van der Waals surface area contributed by atoms with Gasteiger partial charge in [0.2, 0.25) is 0 Å². The largest absolute Gasteiger partial charge is 0.228 e. The first-order valence-electron chi connectivity index (χ1n) is 6.19. The Bertz CT molecular complexity index is 792. The van der Waals surface area contributed by atoms with Gasteiger partial charge in [-0.1, -0.05) is 53.5 Å². The quantitative estimate of drug-likeness (QED) is 0.602. The van der Waals surface area contributed by atoms with E-state index in [-0.39, 0.29) is 5.02 Å². The Morgan fingerprint density at radius 2 is 1.57 bits per heavy atom. The minimum atomic E-state index is -0.515. The standard InChI is InChI=1S/C16H9Cl2FN2/c17-12-7-6-11(8-13(12)19)16-20-14(9-15(18)21-16)10-4-2-1-3-5-10/h1-9H. The third-order valence-corrected chi connectivity index (χ3v) is 3.44. The van der Waals surface area contributed by atoms with Crippen molar-refractivity contribution < 1.29 is 4.39 Å². The number of aromatic nitrogens is 2. The molecule has 0 fully saturated rings. The van der Waals surface area contributed by atoms with Crippen LogP contribution >= 0.6 is 23.2 Å². The van der Waals surface area contributed by atoms with E-state index in [0.717, 1.165) is 5.56 Å². The number of hydrogen-bond acceptors (Lipinski definition) is 2. The molecule has 0 saturated carbocycles. The maximum Gasteiger partial charge on any atom is 0.161 e. The number of rotatable bonds is 2. The Labute approximate surface area is 131 Å². The third-order valence-electron chi connectivity index (χ3n) is 2.94. The van der Waals surface area contributed by atoms with Gasteiger partial charge in [-0.15, -0.1) is 0 Å². The van der Waals surface area contributed by atoms with Gasteiger partial charge in [-0.3, -0.25) is 0 Å². The van der Waals surface area contributed by atoms with Crippen molar-refractivity contribution in [3.8, 4) is 22.6 Å². The van der Waals surface area contributed by atoms with Gasteiger partial charge >= 0.3 is 0 Å². The molecule has 3 rings (SSSR count). The summed E-state index contributed by atoms with van der Waals surface area (Å²) in [6.45, 7) is 0. The molecule has 2 nitrogen and oxygen atoms in total. The van der Waals surface area contributed by atoms with E-state index >= 15 is 0 Å². The molecule has 104 valence electrons. The second kappa shape index (κ2) is 5.80. The first-order valence-corrected chi connectivity index (χ1v) is 6.94. The number of nitrogens with zero attached hydrogens (tertiary/aromatic N) is 2. The monoisotopic (exact) mass is 318 g/mol. The van der Waals surface area contributed by atoms with Crippen molar-refractivity contribution in [2.45, 2.75) is 0 Å². The normalized spacial score (nSPS) is 10.6. The number of benzene rings is 2. The van der Waals surface area contributed by atoms with E-state index in [9.17, 15) is 4.39 Å². The lowest BCUT2D eigenvalue weighted by Gasteiger charge is -2.06. The van der Waals surface area contributed by atoms with E-state index < -0.39 is 5.82 Å². The van der Waals surface area contributed by atoms with Gasteiger partial charge in [-0.2, -0.15) is 0 Å². The summed E-state index contributed by atoms with van der Waals surface area (Å²) in [5, 5.41) is 0.360. The summed E-state index contributed by atoms with van der Waals surface area (Å²) in [5.74, 6) is -0.157. The first kappa shape index (κ1) is 14.0. The van der Waals surface area contributed by atoms with E-state index in [1.807, 2.05) is 30.3 Å². The highest BCUT2D eigenvalue weighted by atomic mass is 35.5. The molecule has 2 aromatic carbocycles. The van der Waals surface area contributed by atoms with Crippen LogP contribution in [-0.2, 0) is 0 Å². The van der Waals surface area contributed by atoms with Crippen molar-refractivity contribution in [2.75, 3.05) is 0 Å². The average molecular weight is 319 g/mol. The van der Waals surface area contributed by atoms with Gasteiger partial charge in [-0.05, 0) is 18.2 Å². The fraction of sp³-hybridized carbons (Fsp3) is 0. The number of halogens is 3. The highest BCUT2D eigenvalue weighted by molar-refractivity contribution is 6.30. The van der Waals surface area contributed by atoms with Crippen molar-refractivity contribution in [3.63, 3.8) is 0 Å². The maximum atomic E-state index is 13.6. The van der Waals surface area contributed by atoms with Gasteiger partial charge in [0, 0.05) is 17.2 Å². The van der Waals surface area contributed by atoms with Crippen LogP contribution in [0.2, 0.25) is 10.2 Å². The van der Waals surface area contributed by atoms with Gasteiger partial charge in [0.1, 0.15) is 11.0 Å². The maximum absolute atomic E-state index is 13.6. The fourth-order valence-electron chi connectivity index (χ4n) is 1.94. The van der Waals surface area contributed by atoms with Gasteiger partial charge in [0.15, 0.2) is 5.82 Å². The average Bonchev–Trinajstić information content (AvgIpc) is 2.50. The van der Waals surface area contributed by atoms with Crippen LogP contribution in [0.3, 0.4) is 0 Å². The Morgan fingerprint density at radius 3 is 2.29 bits per heavy atom. The highest BCUT2D eigenvalue weighted by Gasteiger charge is 2.09. The second-order valence-corrected chi connectivity index (χ2v) is 5.19. The zero-order chi connectivity index (χ0) is 14.8. The van der Waals surface area contributed by atoms with Crippen molar-refractivity contribution in [2.24, 2.45) is 0 Å². The zero-order valence-electron chi connectivity index (χ0n) is 10.7. The molecular formula is C16H9Cl2FN2. The molecule has 0 spiro atoms. The first-order chi connectivity index (χ1) is 10.1. The molecule has 5 heteroatoms. The van der Waals surface area contributed by atoms with Crippen molar-refractivity contribution in [3.05, 3.63) is 70.6 Å². The van der Waals surface area contributed by atoms with Crippen molar-refractivity contribution >= 4 is 23.2 Å².